The lowest BCUT2D eigenvalue weighted by Gasteiger charge is -2.15. The van der Waals surface area contributed by atoms with Gasteiger partial charge in [0.25, 0.3) is 5.91 Å². The van der Waals surface area contributed by atoms with Crippen molar-refractivity contribution in [3.05, 3.63) is 47.0 Å². The van der Waals surface area contributed by atoms with E-state index in [1.165, 1.54) is 0 Å². The molecule has 2 aromatic rings. The van der Waals surface area contributed by atoms with Gasteiger partial charge in [0.05, 0.1) is 12.2 Å². The molecule has 0 radical (unpaired) electrons. The van der Waals surface area contributed by atoms with Crippen LogP contribution in [0.3, 0.4) is 0 Å². The number of rotatable bonds is 3. The van der Waals surface area contributed by atoms with Crippen LogP contribution in [0.1, 0.15) is 33.8 Å². The highest BCUT2D eigenvalue weighted by molar-refractivity contribution is 5.88. The lowest BCUT2D eigenvalue weighted by molar-refractivity contribution is -0.137. The first-order valence-electron chi connectivity index (χ1n) is 8.20. The third kappa shape index (κ3) is 4.22. The average molecular weight is 412 g/mol. The number of nitrogens with zero attached hydrogens (tertiary/aromatic N) is 3. The van der Waals surface area contributed by atoms with Crippen molar-refractivity contribution in [2.24, 2.45) is 5.73 Å². The highest BCUT2D eigenvalue weighted by Gasteiger charge is 2.45. The van der Waals surface area contributed by atoms with Crippen LogP contribution in [0.25, 0.3) is 0 Å². The molecule has 1 aromatic heterocycles. The number of hydrogen-bond donors (Lipinski definition) is 4. The lowest BCUT2D eigenvalue weighted by atomic mass is 10.1. The van der Waals surface area contributed by atoms with Gasteiger partial charge in [0.15, 0.2) is 6.23 Å². The van der Waals surface area contributed by atoms with Crippen LogP contribution in [-0.4, -0.2) is 60.9 Å². The minimum Gasteiger partial charge on any atom is -0.394 e. The molecule has 1 aliphatic heterocycles. The molecular formula is C17H15F3N4O5. The van der Waals surface area contributed by atoms with Crippen molar-refractivity contribution in [3.8, 4) is 11.8 Å². The molecule has 4 atom stereocenters. The number of benzene rings is 1. The van der Waals surface area contributed by atoms with Crippen molar-refractivity contribution >= 4 is 5.91 Å². The Morgan fingerprint density at radius 3 is 2.38 bits per heavy atom. The Kier molecular flexibility index (Phi) is 5.58. The zero-order valence-corrected chi connectivity index (χ0v) is 14.5. The second-order valence-corrected chi connectivity index (χ2v) is 6.12. The first-order valence-corrected chi connectivity index (χ1v) is 8.20. The van der Waals surface area contributed by atoms with Crippen molar-refractivity contribution in [1.82, 2.24) is 14.8 Å². The number of alkyl halides is 3. The Bertz CT molecular complexity index is 964. The molecule has 0 spiro atoms. The SMILES string of the molecule is NC(=O)c1nc(C#Cc2ccc(C(F)(F)F)cc2)n([C@@H]2O[C@H](CO)C(O)C2O)n1. The summed E-state index contributed by atoms with van der Waals surface area (Å²) in [5.41, 5.74) is 4.53. The highest BCUT2D eigenvalue weighted by Crippen LogP contribution is 2.30. The van der Waals surface area contributed by atoms with Crippen molar-refractivity contribution < 1.29 is 38.0 Å². The van der Waals surface area contributed by atoms with Gasteiger partial charge in [-0.1, -0.05) is 5.92 Å². The van der Waals surface area contributed by atoms with E-state index in [0.29, 0.717) is 0 Å². The van der Waals surface area contributed by atoms with Crippen LogP contribution >= 0.6 is 0 Å². The van der Waals surface area contributed by atoms with E-state index in [0.717, 1.165) is 28.9 Å². The van der Waals surface area contributed by atoms with Gasteiger partial charge in [0.1, 0.15) is 18.3 Å². The smallest absolute Gasteiger partial charge is 0.394 e. The molecule has 2 unspecified atom stereocenters. The minimum absolute atomic E-state index is 0.187. The van der Waals surface area contributed by atoms with Gasteiger partial charge < -0.3 is 25.8 Å². The van der Waals surface area contributed by atoms with E-state index in [-0.39, 0.29) is 11.4 Å². The van der Waals surface area contributed by atoms with Crippen molar-refractivity contribution in [2.75, 3.05) is 6.61 Å². The van der Waals surface area contributed by atoms with Gasteiger partial charge in [-0.15, -0.1) is 5.10 Å². The van der Waals surface area contributed by atoms with E-state index in [9.17, 15) is 33.3 Å². The summed E-state index contributed by atoms with van der Waals surface area (Å²) >= 11 is 0. The van der Waals surface area contributed by atoms with Crippen LogP contribution < -0.4 is 5.73 Å². The molecule has 0 saturated carbocycles. The third-order valence-electron chi connectivity index (χ3n) is 4.14. The topological polar surface area (TPSA) is 144 Å². The summed E-state index contributed by atoms with van der Waals surface area (Å²) in [5, 5.41) is 33.0. The molecule has 154 valence electrons. The van der Waals surface area contributed by atoms with E-state index in [1.807, 2.05) is 0 Å². The molecule has 1 saturated heterocycles. The van der Waals surface area contributed by atoms with Crippen molar-refractivity contribution in [1.29, 1.82) is 0 Å². The maximum atomic E-state index is 12.6. The first kappa shape index (κ1) is 20.7. The Morgan fingerprint density at radius 2 is 1.86 bits per heavy atom. The van der Waals surface area contributed by atoms with E-state index in [1.54, 1.807) is 0 Å². The summed E-state index contributed by atoms with van der Waals surface area (Å²) in [4.78, 5) is 15.2. The average Bonchev–Trinajstić information content (AvgIpc) is 3.21. The predicted octanol–water partition coefficient (Wildman–Crippen LogP) is -0.593. The van der Waals surface area contributed by atoms with Crippen LogP contribution in [0, 0.1) is 11.8 Å². The number of carbonyl (C=O) groups excluding carboxylic acids is 1. The molecule has 1 aliphatic rings. The molecule has 1 amide bonds. The number of carbonyl (C=O) groups is 1. The second kappa shape index (κ2) is 7.80. The number of hydrogen-bond acceptors (Lipinski definition) is 7. The normalized spacial score (nSPS) is 24.2. The number of aliphatic hydroxyl groups is 3. The summed E-state index contributed by atoms with van der Waals surface area (Å²) in [7, 11) is 0. The van der Waals surface area contributed by atoms with Gasteiger partial charge in [-0.2, -0.15) is 18.2 Å². The maximum absolute atomic E-state index is 12.6. The summed E-state index contributed by atoms with van der Waals surface area (Å²) in [5.74, 6) is 3.46. The lowest BCUT2D eigenvalue weighted by Crippen LogP contribution is -2.33. The predicted molar refractivity (Wildman–Crippen MR) is 89.0 cm³/mol. The first-order chi connectivity index (χ1) is 13.6. The van der Waals surface area contributed by atoms with Crippen LogP contribution in [0.2, 0.25) is 0 Å². The van der Waals surface area contributed by atoms with Crippen LogP contribution in [0.4, 0.5) is 13.2 Å². The van der Waals surface area contributed by atoms with Gasteiger partial charge in [0.2, 0.25) is 11.6 Å². The highest BCUT2D eigenvalue weighted by atomic mass is 19.4. The molecule has 2 heterocycles. The molecule has 9 nitrogen and oxygen atoms in total. The Balaban J connectivity index is 1.94. The fourth-order valence-corrected chi connectivity index (χ4v) is 2.64. The Hall–Kier alpha value is -2.98. The molecule has 1 fully saturated rings. The number of halogens is 3. The van der Waals surface area contributed by atoms with Gasteiger partial charge in [-0.05, 0) is 30.2 Å². The second-order valence-electron chi connectivity index (χ2n) is 6.12. The fourth-order valence-electron chi connectivity index (χ4n) is 2.64. The Labute approximate surface area is 161 Å². The number of primary amides is 1. The molecule has 5 N–H and O–H groups in total. The zero-order valence-electron chi connectivity index (χ0n) is 14.5. The van der Waals surface area contributed by atoms with E-state index in [4.69, 9.17) is 10.5 Å². The number of aromatic nitrogens is 3. The molecule has 29 heavy (non-hydrogen) atoms. The number of nitrogens with two attached hydrogens (primary N) is 1. The van der Waals surface area contributed by atoms with E-state index < -0.39 is 54.6 Å². The zero-order chi connectivity index (χ0) is 21.3. The summed E-state index contributed by atoms with van der Waals surface area (Å²) in [6.07, 6.45) is -9.85. The fraction of sp³-hybridized carbons (Fsp3) is 0.353. The molecule has 1 aromatic carbocycles. The molecule has 0 bridgehead atoms. The standard InChI is InChI=1S/C17H15F3N4O5/c18-17(19,20)9-4-1-8(2-5-9)3-6-11-22-15(14(21)28)23-24(11)16-13(27)12(26)10(7-25)29-16/h1-2,4-5,10,12-13,16,25-27H,7H2,(H2,21,28)/t10-,12?,13?,16-/m1/s1. The van der Waals surface area contributed by atoms with Crippen LogP contribution in [0.15, 0.2) is 24.3 Å². The summed E-state index contributed by atoms with van der Waals surface area (Å²) in [6, 6.07) is 4.02. The molecule has 12 heteroatoms. The van der Waals surface area contributed by atoms with E-state index >= 15 is 0 Å². The largest absolute Gasteiger partial charge is 0.416 e. The summed E-state index contributed by atoms with van der Waals surface area (Å²) in [6.45, 7) is -0.585. The summed E-state index contributed by atoms with van der Waals surface area (Å²) < 4.78 is 44.1. The third-order valence-corrected chi connectivity index (χ3v) is 4.14. The number of amides is 1. The van der Waals surface area contributed by atoms with Crippen molar-refractivity contribution in [2.45, 2.75) is 30.7 Å². The monoisotopic (exact) mass is 412 g/mol. The quantitative estimate of drug-likeness (QED) is 0.493. The maximum Gasteiger partial charge on any atom is 0.416 e. The van der Waals surface area contributed by atoms with Crippen molar-refractivity contribution in [3.63, 3.8) is 0 Å². The van der Waals surface area contributed by atoms with Crippen LogP contribution in [-0.2, 0) is 10.9 Å². The van der Waals surface area contributed by atoms with Gasteiger partial charge in [0, 0.05) is 5.56 Å². The molecule has 0 aliphatic carbocycles. The molecular weight excluding hydrogens is 397 g/mol. The van der Waals surface area contributed by atoms with Gasteiger partial charge >= 0.3 is 6.18 Å². The molecule has 3 rings (SSSR count). The van der Waals surface area contributed by atoms with Gasteiger partial charge in [-0.25, -0.2) is 4.68 Å². The Morgan fingerprint density at radius 1 is 1.21 bits per heavy atom. The van der Waals surface area contributed by atoms with E-state index in [2.05, 4.69) is 21.9 Å². The minimum atomic E-state index is -4.48. The van der Waals surface area contributed by atoms with Crippen LogP contribution in [0.5, 0.6) is 0 Å². The van der Waals surface area contributed by atoms with Gasteiger partial charge in [-0.3, -0.25) is 4.79 Å². The number of ether oxygens (including phenoxy) is 1. The number of aliphatic hydroxyl groups excluding tert-OH is 3.